The molecule has 1 aromatic heterocycles. The van der Waals surface area contributed by atoms with E-state index in [9.17, 15) is 19.7 Å². The van der Waals surface area contributed by atoms with Crippen molar-refractivity contribution in [3.8, 4) is 0 Å². The topological polar surface area (TPSA) is 148 Å². The summed E-state index contributed by atoms with van der Waals surface area (Å²) in [7, 11) is 0. The van der Waals surface area contributed by atoms with E-state index in [-0.39, 0.29) is 23.2 Å². The Morgan fingerprint density at radius 1 is 1.25 bits per heavy atom. The summed E-state index contributed by atoms with van der Waals surface area (Å²) in [5, 5.41) is 23.9. The fourth-order valence-corrected chi connectivity index (χ4v) is 3.35. The number of nitrogens with one attached hydrogen (secondary N) is 1. The van der Waals surface area contributed by atoms with Crippen LogP contribution in [-0.2, 0) is 9.53 Å². The molecule has 0 saturated carbocycles. The number of aromatic nitrogens is 2. The molecule has 1 aliphatic heterocycles. The summed E-state index contributed by atoms with van der Waals surface area (Å²) in [6, 6.07) is 6.34. The number of rotatable bonds is 8. The molecule has 0 radical (unpaired) electrons. The van der Waals surface area contributed by atoms with Gasteiger partial charge in [-0.25, -0.2) is 14.8 Å². The van der Waals surface area contributed by atoms with Gasteiger partial charge in [0.1, 0.15) is 6.33 Å². The smallest absolute Gasteiger partial charge is 0.353 e. The quantitative estimate of drug-likeness (QED) is 0.354. The van der Waals surface area contributed by atoms with Crippen LogP contribution in [0, 0.1) is 22.0 Å². The second-order valence-corrected chi connectivity index (χ2v) is 7.95. The fraction of sp³-hybridized carbons (Fsp3) is 0.429. The number of piperidine rings is 1. The Bertz CT molecular complexity index is 987. The molecule has 1 fully saturated rings. The van der Waals surface area contributed by atoms with E-state index in [2.05, 4.69) is 15.3 Å². The van der Waals surface area contributed by atoms with E-state index in [0.717, 1.165) is 0 Å². The van der Waals surface area contributed by atoms with Crippen LogP contribution in [0.4, 0.5) is 23.0 Å². The van der Waals surface area contributed by atoms with Gasteiger partial charge in [-0.3, -0.25) is 14.9 Å². The number of esters is 1. The van der Waals surface area contributed by atoms with E-state index in [1.807, 2.05) is 13.8 Å². The maximum absolute atomic E-state index is 12.1. The average Bonchev–Trinajstić information content (AvgIpc) is 2.77. The first-order chi connectivity index (χ1) is 15.3. The molecule has 0 amide bonds. The van der Waals surface area contributed by atoms with Gasteiger partial charge in [-0.05, 0) is 43.0 Å². The lowest BCUT2D eigenvalue weighted by atomic mass is 9.97. The van der Waals surface area contributed by atoms with E-state index in [4.69, 9.17) is 9.84 Å². The highest BCUT2D eigenvalue weighted by molar-refractivity contribution is 5.90. The van der Waals surface area contributed by atoms with Crippen LogP contribution in [0.1, 0.15) is 37.0 Å². The Morgan fingerprint density at radius 3 is 2.47 bits per heavy atom. The van der Waals surface area contributed by atoms with Gasteiger partial charge in [0.2, 0.25) is 11.6 Å². The Balaban J connectivity index is 1.77. The lowest BCUT2D eigenvalue weighted by Crippen LogP contribution is -2.37. The zero-order chi connectivity index (χ0) is 23.3. The highest BCUT2D eigenvalue weighted by Crippen LogP contribution is 2.35. The lowest BCUT2D eigenvalue weighted by Gasteiger charge is -2.30. The number of aliphatic carboxylic acids is 1. The van der Waals surface area contributed by atoms with E-state index in [1.54, 1.807) is 29.2 Å². The number of ether oxygens (including phenoxy) is 1. The summed E-state index contributed by atoms with van der Waals surface area (Å²) < 4.78 is 5.19. The van der Waals surface area contributed by atoms with Crippen molar-refractivity contribution in [3.05, 3.63) is 46.3 Å². The third kappa shape index (κ3) is 5.48. The molecule has 11 heteroatoms. The number of carbonyl (C=O) groups is 2. The third-order valence-electron chi connectivity index (χ3n) is 5.06. The van der Waals surface area contributed by atoms with Crippen molar-refractivity contribution in [3.63, 3.8) is 0 Å². The average molecular weight is 443 g/mol. The Labute approximate surface area is 184 Å². The molecule has 2 heterocycles. The summed E-state index contributed by atoms with van der Waals surface area (Å²) in [5.41, 5.74) is 0.583. The number of nitro groups is 1. The number of carbonyl (C=O) groups excluding carboxylic acids is 1. The predicted molar refractivity (Wildman–Crippen MR) is 116 cm³/mol. The van der Waals surface area contributed by atoms with Crippen LogP contribution < -0.4 is 10.2 Å². The summed E-state index contributed by atoms with van der Waals surface area (Å²) in [4.78, 5) is 44.3. The van der Waals surface area contributed by atoms with E-state index in [0.29, 0.717) is 43.8 Å². The molecule has 11 nitrogen and oxygen atoms in total. The largest absolute Gasteiger partial charge is 0.481 e. The van der Waals surface area contributed by atoms with Crippen LogP contribution in [0.3, 0.4) is 0 Å². The summed E-state index contributed by atoms with van der Waals surface area (Å²) >= 11 is 0. The van der Waals surface area contributed by atoms with Crippen molar-refractivity contribution in [2.24, 2.45) is 11.8 Å². The van der Waals surface area contributed by atoms with Gasteiger partial charge in [0.05, 0.1) is 23.0 Å². The zero-order valence-electron chi connectivity index (χ0n) is 17.9. The molecule has 2 aromatic rings. The molecule has 3 rings (SSSR count). The van der Waals surface area contributed by atoms with Crippen LogP contribution in [0.25, 0.3) is 0 Å². The van der Waals surface area contributed by atoms with Crippen molar-refractivity contribution < 1.29 is 24.4 Å². The Hall–Kier alpha value is -3.76. The third-order valence-corrected chi connectivity index (χ3v) is 5.06. The van der Waals surface area contributed by atoms with Crippen molar-refractivity contribution in [1.29, 1.82) is 0 Å². The summed E-state index contributed by atoms with van der Waals surface area (Å²) in [5.74, 6) is -1.38. The van der Waals surface area contributed by atoms with Gasteiger partial charge < -0.3 is 20.1 Å². The number of carboxylic acids is 1. The molecule has 0 unspecified atom stereocenters. The van der Waals surface area contributed by atoms with Crippen LogP contribution >= 0.6 is 0 Å². The molecule has 1 aromatic carbocycles. The van der Waals surface area contributed by atoms with Gasteiger partial charge in [0, 0.05) is 18.8 Å². The van der Waals surface area contributed by atoms with Gasteiger partial charge in [-0.15, -0.1) is 0 Å². The van der Waals surface area contributed by atoms with Gasteiger partial charge in [-0.2, -0.15) is 0 Å². The van der Waals surface area contributed by atoms with Crippen LogP contribution in [0.2, 0.25) is 0 Å². The molecule has 2 N–H and O–H groups in total. The SMILES string of the molecule is CC(C)COC(=O)c1ccc(Nc2ncnc(N3CCC(C(=O)O)CC3)c2[N+](=O)[O-])cc1. The molecule has 0 atom stereocenters. The van der Waals surface area contributed by atoms with Crippen molar-refractivity contribution in [1.82, 2.24) is 9.97 Å². The molecule has 0 aliphatic carbocycles. The van der Waals surface area contributed by atoms with Crippen LogP contribution in [0.15, 0.2) is 30.6 Å². The number of benzene rings is 1. The highest BCUT2D eigenvalue weighted by Gasteiger charge is 2.31. The number of nitrogens with zero attached hydrogens (tertiary/aromatic N) is 4. The fourth-order valence-electron chi connectivity index (χ4n) is 3.35. The van der Waals surface area contributed by atoms with Crippen molar-refractivity contribution in [2.75, 3.05) is 29.9 Å². The second-order valence-electron chi connectivity index (χ2n) is 7.95. The monoisotopic (exact) mass is 443 g/mol. The summed E-state index contributed by atoms with van der Waals surface area (Å²) in [6.45, 7) is 4.90. The molecule has 0 spiro atoms. The second kappa shape index (κ2) is 10.0. The van der Waals surface area contributed by atoms with Crippen LogP contribution in [0.5, 0.6) is 0 Å². The van der Waals surface area contributed by atoms with E-state index >= 15 is 0 Å². The molecule has 0 bridgehead atoms. The maximum Gasteiger partial charge on any atom is 0.353 e. The van der Waals surface area contributed by atoms with Gasteiger partial charge in [-0.1, -0.05) is 13.8 Å². The number of carboxylic acid groups (broad SMARTS) is 1. The van der Waals surface area contributed by atoms with Gasteiger partial charge in [0.15, 0.2) is 0 Å². The van der Waals surface area contributed by atoms with E-state index < -0.39 is 22.8 Å². The Morgan fingerprint density at radius 2 is 1.91 bits per heavy atom. The number of anilines is 3. The normalized spacial score (nSPS) is 14.3. The molecule has 1 saturated heterocycles. The predicted octanol–water partition coefficient (Wildman–Crippen LogP) is 3.24. The molecule has 32 heavy (non-hydrogen) atoms. The summed E-state index contributed by atoms with van der Waals surface area (Å²) in [6.07, 6.45) is 1.99. The minimum atomic E-state index is -0.860. The van der Waals surface area contributed by atoms with Gasteiger partial charge >= 0.3 is 17.6 Å². The van der Waals surface area contributed by atoms with Crippen molar-refractivity contribution in [2.45, 2.75) is 26.7 Å². The first kappa shape index (κ1) is 22.9. The Kier molecular flexibility index (Phi) is 7.18. The minimum Gasteiger partial charge on any atom is -0.481 e. The molecule has 170 valence electrons. The maximum atomic E-state index is 12.1. The minimum absolute atomic E-state index is 0.00972. The lowest BCUT2D eigenvalue weighted by molar-refractivity contribution is -0.383. The zero-order valence-corrected chi connectivity index (χ0v) is 17.9. The molecular weight excluding hydrogens is 418 g/mol. The first-order valence-corrected chi connectivity index (χ1v) is 10.3. The molecular formula is C21H25N5O6. The standard InChI is InChI=1S/C21H25N5O6/c1-13(2)11-32-21(29)15-3-5-16(6-4-15)24-18-17(26(30)31)19(23-12-22-18)25-9-7-14(8-10-25)20(27)28/h3-6,12-14H,7-11H2,1-2H3,(H,27,28)(H,22,23,24). The first-order valence-electron chi connectivity index (χ1n) is 10.3. The highest BCUT2D eigenvalue weighted by atomic mass is 16.6. The van der Waals surface area contributed by atoms with Crippen LogP contribution in [-0.4, -0.2) is 51.6 Å². The number of hydrogen-bond acceptors (Lipinski definition) is 9. The molecule has 1 aliphatic rings. The van der Waals surface area contributed by atoms with Gasteiger partial charge in [0.25, 0.3) is 0 Å². The number of hydrogen-bond donors (Lipinski definition) is 2. The van der Waals surface area contributed by atoms with E-state index in [1.165, 1.54) is 6.33 Å². The van der Waals surface area contributed by atoms with Crippen molar-refractivity contribution >= 4 is 34.9 Å².